The average Bonchev–Trinajstić information content (AvgIpc) is 2.19. The van der Waals surface area contributed by atoms with Crippen LogP contribution in [0.3, 0.4) is 0 Å². The summed E-state index contributed by atoms with van der Waals surface area (Å²) in [6, 6.07) is 4.01. The number of aliphatic carboxylic acids is 1. The van der Waals surface area contributed by atoms with Gasteiger partial charge < -0.3 is 5.11 Å². The maximum Gasteiger partial charge on any atom is 0.307 e. The maximum atomic E-state index is 10.4. The second kappa shape index (κ2) is 5.27. The second-order valence-corrected chi connectivity index (χ2v) is 3.37. The molecule has 0 aliphatic heterocycles. The van der Waals surface area contributed by atoms with E-state index in [-0.39, 0.29) is 17.1 Å². The van der Waals surface area contributed by atoms with E-state index in [1.54, 1.807) is 0 Å². The number of hydrogen-bond donors (Lipinski definition) is 1. The number of rotatable bonds is 4. The number of nitro benzene ring substituents is 1. The van der Waals surface area contributed by atoms with E-state index < -0.39 is 10.9 Å². The molecule has 1 aromatic rings. The van der Waals surface area contributed by atoms with E-state index in [1.165, 1.54) is 30.4 Å². The molecule has 5 nitrogen and oxygen atoms in total. The summed E-state index contributed by atoms with van der Waals surface area (Å²) in [5.41, 5.74) is 0.453. The van der Waals surface area contributed by atoms with Crippen molar-refractivity contribution in [3.63, 3.8) is 0 Å². The lowest BCUT2D eigenvalue weighted by atomic mass is 10.2. The lowest BCUT2D eigenvalue weighted by Gasteiger charge is -1.97. The highest BCUT2D eigenvalue weighted by molar-refractivity contribution is 6.32. The van der Waals surface area contributed by atoms with Crippen molar-refractivity contribution in [2.75, 3.05) is 0 Å². The average molecular weight is 242 g/mol. The van der Waals surface area contributed by atoms with Crippen LogP contribution in [0.25, 0.3) is 6.08 Å². The number of hydrogen-bond acceptors (Lipinski definition) is 3. The van der Waals surface area contributed by atoms with Crippen molar-refractivity contribution in [2.24, 2.45) is 0 Å². The van der Waals surface area contributed by atoms with Crippen molar-refractivity contribution < 1.29 is 14.8 Å². The molecule has 1 rings (SSSR count). The van der Waals surface area contributed by atoms with Crippen LogP contribution in [0.2, 0.25) is 5.02 Å². The number of nitro groups is 1. The van der Waals surface area contributed by atoms with Gasteiger partial charge >= 0.3 is 5.97 Å². The third-order valence-corrected chi connectivity index (χ3v) is 2.11. The van der Waals surface area contributed by atoms with Crippen molar-refractivity contribution >= 4 is 29.3 Å². The van der Waals surface area contributed by atoms with Crippen LogP contribution in [0, 0.1) is 10.1 Å². The molecule has 16 heavy (non-hydrogen) atoms. The number of carboxylic acids is 1. The lowest BCUT2D eigenvalue weighted by Crippen LogP contribution is -1.90. The standard InChI is InChI=1S/C10H8ClNO4/c11-9-6-8(12(15)16)5-4-7(9)2-1-3-10(13)14/h1-2,4-6H,3H2,(H,13,14). The Kier molecular flexibility index (Phi) is 4.02. The Balaban J connectivity index is 2.87. The minimum atomic E-state index is -0.950. The largest absolute Gasteiger partial charge is 0.481 e. The molecule has 0 spiro atoms. The van der Waals surface area contributed by atoms with Gasteiger partial charge in [-0.05, 0) is 11.6 Å². The van der Waals surface area contributed by atoms with Crippen LogP contribution in [-0.4, -0.2) is 16.0 Å². The molecule has 0 unspecified atom stereocenters. The second-order valence-electron chi connectivity index (χ2n) is 2.96. The molecule has 0 radical (unpaired) electrons. The Labute approximate surface area is 96.1 Å². The smallest absolute Gasteiger partial charge is 0.307 e. The zero-order chi connectivity index (χ0) is 12.1. The van der Waals surface area contributed by atoms with Crippen molar-refractivity contribution in [2.45, 2.75) is 6.42 Å². The van der Waals surface area contributed by atoms with Crippen LogP contribution < -0.4 is 0 Å². The van der Waals surface area contributed by atoms with Gasteiger partial charge in [-0.2, -0.15) is 0 Å². The van der Waals surface area contributed by atoms with Crippen LogP contribution in [0.15, 0.2) is 24.3 Å². The van der Waals surface area contributed by atoms with Gasteiger partial charge in [0.25, 0.3) is 5.69 Å². The predicted octanol–water partition coefficient (Wildman–Crippen LogP) is 2.74. The molecule has 0 aromatic heterocycles. The van der Waals surface area contributed by atoms with Crippen molar-refractivity contribution in [1.29, 1.82) is 0 Å². The van der Waals surface area contributed by atoms with Gasteiger partial charge in [0.2, 0.25) is 0 Å². The highest BCUT2D eigenvalue weighted by Crippen LogP contribution is 2.23. The summed E-state index contributed by atoms with van der Waals surface area (Å²) in [7, 11) is 0. The topological polar surface area (TPSA) is 80.4 Å². The molecule has 0 aliphatic carbocycles. The molecule has 84 valence electrons. The molecule has 1 aromatic carbocycles. The SMILES string of the molecule is O=C(O)CC=Cc1ccc([N+](=O)[O-])cc1Cl. The number of non-ortho nitro benzene ring substituents is 1. The summed E-state index contributed by atoms with van der Waals surface area (Å²) in [6.45, 7) is 0. The molecular formula is C10H8ClNO4. The van der Waals surface area contributed by atoms with E-state index in [9.17, 15) is 14.9 Å². The Bertz CT molecular complexity index is 456. The first-order chi connectivity index (χ1) is 7.50. The minimum Gasteiger partial charge on any atom is -0.481 e. The molecule has 0 amide bonds. The summed E-state index contributed by atoms with van der Waals surface area (Å²) in [6.07, 6.45) is 2.82. The molecule has 0 bridgehead atoms. The molecule has 0 fully saturated rings. The fourth-order valence-electron chi connectivity index (χ4n) is 1.05. The Hall–Kier alpha value is -1.88. The van der Waals surface area contributed by atoms with Gasteiger partial charge in [0, 0.05) is 12.1 Å². The molecule has 6 heteroatoms. The van der Waals surface area contributed by atoms with Gasteiger partial charge in [-0.25, -0.2) is 0 Å². The highest BCUT2D eigenvalue weighted by atomic mass is 35.5. The number of carbonyl (C=O) groups is 1. The summed E-state index contributed by atoms with van der Waals surface area (Å²) in [4.78, 5) is 20.1. The maximum absolute atomic E-state index is 10.4. The van der Waals surface area contributed by atoms with Gasteiger partial charge in [0.05, 0.1) is 16.4 Å². The zero-order valence-electron chi connectivity index (χ0n) is 8.09. The summed E-state index contributed by atoms with van der Waals surface area (Å²) < 4.78 is 0. The third-order valence-electron chi connectivity index (χ3n) is 1.78. The van der Waals surface area contributed by atoms with Crippen LogP contribution in [0.1, 0.15) is 12.0 Å². The first-order valence-electron chi connectivity index (χ1n) is 4.33. The zero-order valence-corrected chi connectivity index (χ0v) is 8.85. The lowest BCUT2D eigenvalue weighted by molar-refractivity contribution is -0.384. The minimum absolute atomic E-state index is 0.0969. The van der Waals surface area contributed by atoms with E-state index in [0.717, 1.165) is 0 Å². The van der Waals surface area contributed by atoms with Gasteiger partial charge in [0.1, 0.15) is 0 Å². The summed E-state index contributed by atoms with van der Waals surface area (Å²) >= 11 is 5.79. The fraction of sp³-hybridized carbons (Fsp3) is 0.100. The van der Waals surface area contributed by atoms with Crippen LogP contribution >= 0.6 is 11.6 Å². The number of nitrogens with zero attached hydrogens (tertiary/aromatic N) is 1. The van der Waals surface area contributed by atoms with E-state index in [0.29, 0.717) is 5.56 Å². The van der Waals surface area contributed by atoms with Gasteiger partial charge in [-0.1, -0.05) is 23.8 Å². The molecule has 0 heterocycles. The first-order valence-corrected chi connectivity index (χ1v) is 4.71. The highest BCUT2D eigenvalue weighted by Gasteiger charge is 2.07. The molecular weight excluding hydrogens is 234 g/mol. The van der Waals surface area contributed by atoms with Gasteiger partial charge in [-0.15, -0.1) is 0 Å². The number of benzene rings is 1. The van der Waals surface area contributed by atoms with Crippen molar-refractivity contribution in [3.8, 4) is 0 Å². The molecule has 1 N–H and O–H groups in total. The van der Waals surface area contributed by atoms with E-state index in [4.69, 9.17) is 16.7 Å². The van der Waals surface area contributed by atoms with E-state index >= 15 is 0 Å². The molecule has 0 saturated carbocycles. The molecule has 0 aliphatic rings. The van der Waals surface area contributed by atoms with Crippen LogP contribution in [0.5, 0.6) is 0 Å². The number of carboxylic acid groups (broad SMARTS) is 1. The fourth-order valence-corrected chi connectivity index (χ4v) is 1.29. The van der Waals surface area contributed by atoms with Gasteiger partial charge in [-0.3, -0.25) is 14.9 Å². The Morgan fingerprint density at radius 3 is 2.75 bits per heavy atom. The number of halogens is 1. The van der Waals surface area contributed by atoms with E-state index in [1.807, 2.05) is 0 Å². The Morgan fingerprint density at radius 1 is 1.56 bits per heavy atom. The third kappa shape index (κ3) is 3.36. The van der Waals surface area contributed by atoms with Crippen molar-refractivity contribution in [1.82, 2.24) is 0 Å². The summed E-state index contributed by atoms with van der Waals surface area (Å²) in [5.74, 6) is -0.950. The van der Waals surface area contributed by atoms with E-state index in [2.05, 4.69) is 0 Å². The Morgan fingerprint density at radius 2 is 2.25 bits per heavy atom. The quantitative estimate of drug-likeness (QED) is 0.649. The molecule has 0 saturated heterocycles. The van der Waals surface area contributed by atoms with Crippen LogP contribution in [-0.2, 0) is 4.79 Å². The van der Waals surface area contributed by atoms with Crippen molar-refractivity contribution in [3.05, 3.63) is 45.0 Å². The monoisotopic (exact) mass is 241 g/mol. The normalized spacial score (nSPS) is 10.6. The van der Waals surface area contributed by atoms with Gasteiger partial charge in [0.15, 0.2) is 0 Å². The van der Waals surface area contributed by atoms with Crippen LogP contribution in [0.4, 0.5) is 5.69 Å². The summed E-state index contributed by atoms with van der Waals surface area (Å²) in [5, 5.41) is 19.0. The first kappa shape index (κ1) is 12.2. The molecule has 0 atom stereocenters. The predicted molar refractivity (Wildman–Crippen MR) is 59.4 cm³/mol.